The highest BCUT2D eigenvalue weighted by atomic mass is 19.1. The van der Waals surface area contributed by atoms with E-state index in [9.17, 15) is 23.9 Å². The molecule has 0 spiro atoms. The first kappa shape index (κ1) is 19.0. The Morgan fingerprint density at radius 2 is 1.96 bits per heavy atom. The van der Waals surface area contributed by atoms with Crippen molar-refractivity contribution in [2.75, 3.05) is 13.1 Å². The van der Waals surface area contributed by atoms with Gasteiger partial charge < -0.3 is 15.3 Å². The van der Waals surface area contributed by atoms with Gasteiger partial charge in [-0.2, -0.15) is 9.90 Å². The molecule has 0 saturated carbocycles. The highest BCUT2D eigenvalue weighted by molar-refractivity contribution is 5.94. The SMILES string of the molecule is CC(=O)NCCN(C(=O)c1cnn(-c2ccc(F)cc2)n1)C(C)C(=O)O. The minimum absolute atomic E-state index is 0.00467. The second-order valence-corrected chi connectivity index (χ2v) is 5.49. The molecule has 1 aromatic carbocycles. The van der Waals surface area contributed by atoms with Crippen molar-refractivity contribution in [2.45, 2.75) is 19.9 Å². The van der Waals surface area contributed by atoms with Crippen LogP contribution >= 0.6 is 0 Å². The van der Waals surface area contributed by atoms with Crippen LogP contribution in [0.5, 0.6) is 0 Å². The third-order valence-electron chi connectivity index (χ3n) is 3.58. The van der Waals surface area contributed by atoms with E-state index in [2.05, 4.69) is 15.5 Å². The van der Waals surface area contributed by atoms with E-state index in [0.717, 1.165) is 9.70 Å². The van der Waals surface area contributed by atoms with Crippen LogP contribution in [0.1, 0.15) is 24.3 Å². The lowest BCUT2D eigenvalue weighted by atomic mass is 10.2. The van der Waals surface area contributed by atoms with Crippen LogP contribution < -0.4 is 5.32 Å². The van der Waals surface area contributed by atoms with E-state index >= 15 is 0 Å². The van der Waals surface area contributed by atoms with Gasteiger partial charge in [-0.1, -0.05) is 0 Å². The van der Waals surface area contributed by atoms with Gasteiger partial charge in [0.1, 0.15) is 11.9 Å². The zero-order valence-electron chi connectivity index (χ0n) is 14.2. The molecule has 138 valence electrons. The molecular weight excluding hydrogens is 345 g/mol. The summed E-state index contributed by atoms with van der Waals surface area (Å²) in [6, 6.07) is 4.22. The third kappa shape index (κ3) is 4.62. The first-order valence-electron chi connectivity index (χ1n) is 7.76. The molecule has 0 aliphatic carbocycles. The van der Waals surface area contributed by atoms with Crippen LogP contribution in [0.15, 0.2) is 30.5 Å². The fourth-order valence-corrected chi connectivity index (χ4v) is 2.16. The summed E-state index contributed by atoms with van der Waals surface area (Å²) in [5.74, 6) is -2.54. The van der Waals surface area contributed by atoms with Crippen molar-refractivity contribution >= 4 is 17.8 Å². The van der Waals surface area contributed by atoms with Gasteiger partial charge in [0.2, 0.25) is 5.91 Å². The van der Waals surface area contributed by atoms with Crippen LogP contribution in [-0.2, 0) is 9.59 Å². The number of aromatic nitrogens is 3. The van der Waals surface area contributed by atoms with E-state index in [1.807, 2.05) is 0 Å². The van der Waals surface area contributed by atoms with Crippen molar-refractivity contribution in [3.63, 3.8) is 0 Å². The molecule has 0 aliphatic rings. The largest absolute Gasteiger partial charge is 0.480 e. The Kier molecular flexibility index (Phi) is 5.99. The number of hydrogen-bond donors (Lipinski definition) is 2. The highest BCUT2D eigenvalue weighted by Crippen LogP contribution is 2.10. The molecule has 9 nitrogen and oxygen atoms in total. The van der Waals surface area contributed by atoms with Gasteiger partial charge in [-0.15, -0.1) is 5.10 Å². The van der Waals surface area contributed by atoms with Crippen LogP contribution in [-0.4, -0.2) is 61.9 Å². The molecule has 2 rings (SSSR count). The number of benzene rings is 1. The maximum Gasteiger partial charge on any atom is 0.326 e. The third-order valence-corrected chi connectivity index (χ3v) is 3.58. The van der Waals surface area contributed by atoms with Gasteiger partial charge in [0, 0.05) is 20.0 Å². The van der Waals surface area contributed by atoms with Crippen LogP contribution in [0.25, 0.3) is 5.69 Å². The van der Waals surface area contributed by atoms with Gasteiger partial charge in [-0.05, 0) is 31.2 Å². The molecule has 0 aliphatic heterocycles. The van der Waals surface area contributed by atoms with Crippen molar-refractivity contribution in [1.29, 1.82) is 0 Å². The summed E-state index contributed by atoms with van der Waals surface area (Å²) in [4.78, 5) is 37.1. The van der Waals surface area contributed by atoms with Crippen molar-refractivity contribution in [1.82, 2.24) is 25.2 Å². The van der Waals surface area contributed by atoms with E-state index in [-0.39, 0.29) is 24.7 Å². The zero-order valence-corrected chi connectivity index (χ0v) is 14.2. The van der Waals surface area contributed by atoms with Crippen LogP contribution in [0, 0.1) is 5.82 Å². The molecule has 2 N–H and O–H groups in total. The Labute approximate surface area is 148 Å². The van der Waals surface area contributed by atoms with Gasteiger partial charge in [-0.25, -0.2) is 9.18 Å². The number of halogens is 1. The van der Waals surface area contributed by atoms with Gasteiger partial charge >= 0.3 is 5.97 Å². The van der Waals surface area contributed by atoms with Gasteiger partial charge in [0.25, 0.3) is 5.91 Å². The Morgan fingerprint density at radius 1 is 1.31 bits per heavy atom. The normalized spacial score (nSPS) is 11.7. The molecule has 0 radical (unpaired) electrons. The van der Waals surface area contributed by atoms with Crippen LogP contribution in [0.3, 0.4) is 0 Å². The summed E-state index contributed by atoms with van der Waals surface area (Å²) in [5.41, 5.74) is 0.381. The molecule has 0 saturated heterocycles. The van der Waals surface area contributed by atoms with E-state index in [0.29, 0.717) is 5.69 Å². The minimum atomic E-state index is -1.19. The smallest absolute Gasteiger partial charge is 0.326 e. The van der Waals surface area contributed by atoms with E-state index in [4.69, 9.17) is 0 Å². The molecule has 10 heteroatoms. The number of nitrogens with one attached hydrogen (secondary N) is 1. The number of hydrogen-bond acceptors (Lipinski definition) is 5. The lowest BCUT2D eigenvalue weighted by Gasteiger charge is -2.25. The number of rotatable bonds is 7. The molecule has 0 fully saturated rings. The molecular formula is C16H18FN5O4. The average molecular weight is 363 g/mol. The lowest BCUT2D eigenvalue weighted by Crippen LogP contribution is -2.46. The monoisotopic (exact) mass is 363 g/mol. The Hall–Kier alpha value is -3.30. The van der Waals surface area contributed by atoms with Crippen molar-refractivity contribution in [3.8, 4) is 5.69 Å². The number of aliphatic carboxylic acids is 1. The Morgan fingerprint density at radius 3 is 2.54 bits per heavy atom. The minimum Gasteiger partial charge on any atom is -0.480 e. The molecule has 26 heavy (non-hydrogen) atoms. The number of carboxylic acids is 1. The van der Waals surface area contributed by atoms with Crippen molar-refractivity contribution in [3.05, 3.63) is 42.0 Å². The fourth-order valence-electron chi connectivity index (χ4n) is 2.16. The maximum atomic E-state index is 13.0. The first-order valence-corrected chi connectivity index (χ1v) is 7.76. The predicted octanol–water partition coefficient (Wildman–Crippen LogP) is 0.458. The van der Waals surface area contributed by atoms with Gasteiger partial charge in [0.15, 0.2) is 5.69 Å². The molecule has 0 bridgehead atoms. The molecule has 2 aromatic rings. The van der Waals surface area contributed by atoms with E-state index < -0.39 is 23.7 Å². The van der Waals surface area contributed by atoms with Gasteiger partial charge in [-0.3, -0.25) is 9.59 Å². The number of amides is 2. The Bertz CT molecular complexity index is 805. The molecule has 1 atom stereocenters. The fraction of sp³-hybridized carbons (Fsp3) is 0.312. The van der Waals surface area contributed by atoms with E-state index in [1.165, 1.54) is 44.3 Å². The highest BCUT2D eigenvalue weighted by Gasteiger charge is 2.28. The van der Waals surface area contributed by atoms with Crippen molar-refractivity contribution < 1.29 is 23.9 Å². The summed E-state index contributed by atoms with van der Waals surface area (Å²) in [7, 11) is 0. The molecule has 1 aromatic heterocycles. The predicted molar refractivity (Wildman–Crippen MR) is 88.1 cm³/mol. The van der Waals surface area contributed by atoms with Crippen LogP contribution in [0.2, 0.25) is 0 Å². The summed E-state index contributed by atoms with van der Waals surface area (Å²) in [6.45, 7) is 2.78. The standard InChI is InChI=1S/C16H18FN5O4/c1-10(16(25)26)21(8-7-18-11(2)23)15(24)14-9-19-22(20-14)13-5-3-12(17)4-6-13/h3-6,9-10H,7-8H2,1-2H3,(H,18,23)(H,25,26). The first-order chi connectivity index (χ1) is 12.3. The van der Waals surface area contributed by atoms with Crippen molar-refractivity contribution in [2.24, 2.45) is 0 Å². The van der Waals surface area contributed by atoms with Crippen LogP contribution in [0.4, 0.5) is 4.39 Å². The molecule has 1 heterocycles. The summed E-state index contributed by atoms with van der Waals surface area (Å²) >= 11 is 0. The quantitative estimate of drug-likeness (QED) is 0.738. The van der Waals surface area contributed by atoms with Gasteiger partial charge in [0.05, 0.1) is 11.9 Å². The Balaban J connectivity index is 2.20. The topological polar surface area (TPSA) is 117 Å². The zero-order chi connectivity index (χ0) is 19.3. The summed E-state index contributed by atoms with van der Waals surface area (Å²) in [5, 5.41) is 19.7. The number of nitrogens with zero attached hydrogens (tertiary/aromatic N) is 4. The van der Waals surface area contributed by atoms with E-state index in [1.54, 1.807) is 0 Å². The number of carboxylic acid groups (broad SMARTS) is 1. The molecule has 1 unspecified atom stereocenters. The number of carbonyl (C=O) groups is 3. The lowest BCUT2D eigenvalue weighted by molar-refractivity contribution is -0.141. The maximum absolute atomic E-state index is 13.0. The average Bonchev–Trinajstić information content (AvgIpc) is 3.08. The number of carbonyl (C=O) groups excluding carboxylic acids is 2. The second kappa shape index (κ2) is 8.19. The molecule has 2 amide bonds. The summed E-state index contributed by atoms with van der Waals surface area (Å²) < 4.78 is 13.0. The summed E-state index contributed by atoms with van der Waals surface area (Å²) in [6.07, 6.45) is 1.20. The second-order valence-electron chi connectivity index (χ2n) is 5.49.